The molecule has 1 heterocycles. The smallest absolute Gasteiger partial charge is 0.366 e. The fraction of sp³-hybridized carbons (Fsp3) is 0.500. The van der Waals surface area contributed by atoms with E-state index in [4.69, 9.17) is 18.6 Å². The number of aliphatic hydroxyl groups is 2. The molecule has 1 fully saturated rings. The topological polar surface area (TPSA) is 94.5 Å². The molecule has 1 aliphatic rings. The van der Waals surface area contributed by atoms with Crippen LogP contribution < -0.4 is 10.4 Å². The molecule has 2 N–H and O–H groups in total. The monoisotopic (exact) mass is 488 g/mol. The standard InChI is InChI=1S/C26H36O7Si/c1-6-31-24(29)26(30-5)17-21(27)23(33-26)22(28)18-32-34(25(2,3)4,19-13-9-7-10-14-19)20-15-11-8-12-16-20/h7-16,21-23,27-28H,6,17-18H2,1-5H3/t21-,22?,23+,26-/m0/s1. The Bertz CT molecular complexity index is 892. The van der Waals surface area contributed by atoms with Crippen LogP contribution in [0.3, 0.4) is 0 Å². The van der Waals surface area contributed by atoms with Crippen LogP contribution >= 0.6 is 0 Å². The maximum absolute atomic E-state index is 12.4. The summed E-state index contributed by atoms with van der Waals surface area (Å²) in [5, 5.41) is 23.6. The summed E-state index contributed by atoms with van der Waals surface area (Å²) in [6, 6.07) is 20.1. The molecule has 1 aliphatic heterocycles. The Labute approximate surface area is 202 Å². The molecule has 7 nitrogen and oxygen atoms in total. The Balaban J connectivity index is 1.91. The van der Waals surface area contributed by atoms with Crippen LogP contribution in [-0.2, 0) is 23.4 Å². The van der Waals surface area contributed by atoms with E-state index in [9.17, 15) is 15.0 Å². The van der Waals surface area contributed by atoms with Crippen LogP contribution in [0, 0.1) is 0 Å². The van der Waals surface area contributed by atoms with Crippen molar-refractivity contribution in [2.24, 2.45) is 0 Å². The van der Waals surface area contributed by atoms with Gasteiger partial charge in [0, 0.05) is 13.5 Å². The summed E-state index contributed by atoms with van der Waals surface area (Å²) in [4.78, 5) is 12.4. The zero-order chi connectivity index (χ0) is 25.0. The van der Waals surface area contributed by atoms with Gasteiger partial charge >= 0.3 is 5.97 Å². The molecule has 0 bridgehead atoms. The second-order valence-corrected chi connectivity index (χ2v) is 13.9. The minimum Gasteiger partial charge on any atom is -0.462 e. The van der Waals surface area contributed by atoms with Crippen molar-refractivity contribution >= 4 is 24.7 Å². The molecule has 4 atom stereocenters. The first-order valence-corrected chi connectivity index (χ1v) is 13.5. The van der Waals surface area contributed by atoms with E-state index in [-0.39, 0.29) is 24.7 Å². The number of benzene rings is 2. The van der Waals surface area contributed by atoms with Gasteiger partial charge in [-0.3, -0.25) is 0 Å². The predicted molar refractivity (Wildman–Crippen MR) is 131 cm³/mol. The summed E-state index contributed by atoms with van der Waals surface area (Å²) >= 11 is 0. The van der Waals surface area contributed by atoms with E-state index in [1.54, 1.807) is 6.92 Å². The number of ether oxygens (including phenoxy) is 3. The predicted octanol–water partition coefficient (Wildman–Crippen LogP) is 1.98. The third-order valence-electron chi connectivity index (χ3n) is 6.37. The Hall–Kier alpha value is -2.07. The number of hydrogen-bond acceptors (Lipinski definition) is 7. The number of hydrogen-bond donors (Lipinski definition) is 2. The van der Waals surface area contributed by atoms with E-state index in [2.05, 4.69) is 45.0 Å². The highest BCUT2D eigenvalue weighted by Gasteiger charge is 2.56. The van der Waals surface area contributed by atoms with Crippen molar-refractivity contribution < 1.29 is 33.6 Å². The summed E-state index contributed by atoms with van der Waals surface area (Å²) in [5.41, 5.74) is 0. The summed E-state index contributed by atoms with van der Waals surface area (Å²) in [7, 11) is -1.57. The summed E-state index contributed by atoms with van der Waals surface area (Å²) in [6.45, 7) is 8.16. The number of carbonyl (C=O) groups is 1. The van der Waals surface area contributed by atoms with Gasteiger partial charge in [-0.05, 0) is 22.3 Å². The number of rotatable bonds is 9. The first kappa shape index (κ1) is 26.5. The van der Waals surface area contributed by atoms with Crippen molar-refractivity contribution in [1.82, 2.24) is 0 Å². The van der Waals surface area contributed by atoms with Crippen LogP contribution in [0.1, 0.15) is 34.1 Å². The van der Waals surface area contributed by atoms with Crippen LogP contribution in [0.25, 0.3) is 0 Å². The van der Waals surface area contributed by atoms with Gasteiger partial charge in [-0.2, -0.15) is 0 Å². The maximum atomic E-state index is 12.4. The number of esters is 1. The summed E-state index contributed by atoms with van der Waals surface area (Å²) in [6.07, 6.45) is -3.52. The van der Waals surface area contributed by atoms with Crippen LogP contribution in [0.2, 0.25) is 5.04 Å². The van der Waals surface area contributed by atoms with Gasteiger partial charge in [-0.25, -0.2) is 4.79 Å². The fourth-order valence-electron chi connectivity index (χ4n) is 4.73. The van der Waals surface area contributed by atoms with Gasteiger partial charge in [0.05, 0.1) is 19.3 Å². The van der Waals surface area contributed by atoms with Crippen LogP contribution in [0.5, 0.6) is 0 Å². The normalized spacial score (nSPS) is 24.1. The van der Waals surface area contributed by atoms with Gasteiger partial charge in [0.2, 0.25) is 0 Å². The minimum absolute atomic E-state index is 0.0857. The quantitative estimate of drug-likeness (QED) is 0.412. The summed E-state index contributed by atoms with van der Waals surface area (Å²) < 4.78 is 22.9. The van der Waals surface area contributed by atoms with Crippen LogP contribution in [-0.4, -0.2) is 68.9 Å². The van der Waals surface area contributed by atoms with Crippen molar-refractivity contribution in [3.05, 3.63) is 60.7 Å². The molecule has 3 rings (SSSR count). The van der Waals surface area contributed by atoms with Crippen molar-refractivity contribution in [2.45, 2.75) is 63.3 Å². The van der Waals surface area contributed by atoms with E-state index >= 15 is 0 Å². The highest BCUT2D eigenvalue weighted by Crippen LogP contribution is 2.38. The lowest BCUT2D eigenvalue weighted by molar-refractivity contribution is -0.240. The lowest BCUT2D eigenvalue weighted by Gasteiger charge is -2.43. The van der Waals surface area contributed by atoms with Gasteiger partial charge in [0.15, 0.2) is 0 Å². The first-order chi connectivity index (χ1) is 16.1. The average molecular weight is 489 g/mol. The maximum Gasteiger partial charge on any atom is 0.366 e. The van der Waals surface area contributed by atoms with Gasteiger partial charge in [-0.1, -0.05) is 81.4 Å². The molecular formula is C26H36O7Si. The molecule has 1 unspecified atom stereocenters. The molecule has 1 saturated heterocycles. The lowest BCUT2D eigenvalue weighted by Crippen LogP contribution is -2.67. The summed E-state index contributed by atoms with van der Waals surface area (Å²) in [5.74, 6) is -2.47. The molecule has 2 aromatic carbocycles. The molecule has 2 aromatic rings. The Morgan fingerprint density at radius 3 is 2.09 bits per heavy atom. The molecule has 8 heteroatoms. The van der Waals surface area contributed by atoms with Crippen LogP contribution in [0.15, 0.2) is 60.7 Å². The third kappa shape index (κ3) is 4.98. The lowest BCUT2D eigenvalue weighted by atomic mass is 10.1. The zero-order valence-electron chi connectivity index (χ0n) is 20.6. The van der Waals surface area contributed by atoms with Crippen LogP contribution in [0.4, 0.5) is 0 Å². The number of methoxy groups -OCH3 is 1. The molecule has 0 saturated carbocycles. The average Bonchev–Trinajstić information content (AvgIpc) is 3.18. The van der Waals surface area contributed by atoms with E-state index in [0.29, 0.717) is 0 Å². The van der Waals surface area contributed by atoms with E-state index in [1.807, 2.05) is 36.4 Å². The molecule has 0 aromatic heterocycles. The first-order valence-electron chi connectivity index (χ1n) is 11.6. The Morgan fingerprint density at radius 1 is 1.12 bits per heavy atom. The van der Waals surface area contributed by atoms with Crippen molar-refractivity contribution in [2.75, 3.05) is 20.3 Å². The van der Waals surface area contributed by atoms with Crippen molar-refractivity contribution in [1.29, 1.82) is 0 Å². The molecule has 0 spiro atoms. The highest BCUT2D eigenvalue weighted by molar-refractivity contribution is 6.99. The molecule has 34 heavy (non-hydrogen) atoms. The number of carbonyl (C=O) groups excluding carboxylic acids is 1. The van der Waals surface area contributed by atoms with E-state index < -0.39 is 38.4 Å². The minimum atomic E-state index is -2.88. The van der Waals surface area contributed by atoms with Crippen molar-refractivity contribution in [3.8, 4) is 0 Å². The van der Waals surface area contributed by atoms with Gasteiger partial charge in [-0.15, -0.1) is 0 Å². The Morgan fingerprint density at radius 2 is 1.65 bits per heavy atom. The molecule has 186 valence electrons. The second-order valence-electron chi connectivity index (χ2n) is 9.57. The van der Waals surface area contributed by atoms with Gasteiger partial charge < -0.3 is 28.8 Å². The van der Waals surface area contributed by atoms with E-state index in [1.165, 1.54) is 7.11 Å². The highest BCUT2D eigenvalue weighted by atomic mass is 28.4. The van der Waals surface area contributed by atoms with Gasteiger partial charge in [0.25, 0.3) is 14.1 Å². The molecule has 0 aliphatic carbocycles. The van der Waals surface area contributed by atoms with Gasteiger partial charge in [0.1, 0.15) is 12.2 Å². The number of aliphatic hydroxyl groups excluding tert-OH is 2. The fourth-order valence-corrected chi connectivity index (χ4v) is 9.30. The SMILES string of the molecule is CCOC(=O)[C@]1(OC)C[C@H](O)[C@H](C(O)CO[Si](c2ccccc2)(c2ccccc2)C(C)(C)C)O1. The molecule has 0 amide bonds. The molecule has 0 radical (unpaired) electrons. The third-order valence-corrected chi connectivity index (χ3v) is 11.4. The molecular weight excluding hydrogens is 452 g/mol. The van der Waals surface area contributed by atoms with E-state index in [0.717, 1.165) is 10.4 Å². The second kappa shape index (κ2) is 10.7. The zero-order valence-corrected chi connectivity index (χ0v) is 21.6. The van der Waals surface area contributed by atoms with Crippen molar-refractivity contribution in [3.63, 3.8) is 0 Å². The Kier molecular flexibility index (Phi) is 8.33. The largest absolute Gasteiger partial charge is 0.462 e.